The summed E-state index contributed by atoms with van der Waals surface area (Å²) in [7, 11) is 0. The molecule has 1 rings (SSSR count). The quantitative estimate of drug-likeness (QED) is 0.550. The van der Waals surface area contributed by atoms with Crippen molar-refractivity contribution in [1.82, 2.24) is 5.32 Å². The van der Waals surface area contributed by atoms with Gasteiger partial charge < -0.3 is 21.5 Å². The van der Waals surface area contributed by atoms with E-state index in [9.17, 15) is 9.59 Å². The average molecular weight is 257 g/mol. The Hall–Kier alpha value is -1.14. The minimum absolute atomic E-state index is 0.0169. The molecule has 6 nitrogen and oxygen atoms in total. The van der Waals surface area contributed by atoms with E-state index in [-0.39, 0.29) is 31.1 Å². The third kappa shape index (κ3) is 5.01. The summed E-state index contributed by atoms with van der Waals surface area (Å²) in [6.07, 6.45) is 2.83. The third-order valence-electron chi connectivity index (χ3n) is 3.29. The fourth-order valence-electron chi connectivity index (χ4n) is 2.26. The minimum Gasteiger partial charge on any atom is -0.370 e. The molecule has 1 aliphatic carbocycles. The van der Waals surface area contributed by atoms with Gasteiger partial charge in [0.05, 0.1) is 12.5 Å². The largest absolute Gasteiger partial charge is 0.370 e. The molecule has 3 atom stereocenters. The normalized spacial score (nSPS) is 27.8. The van der Waals surface area contributed by atoms with Gasteiger partial charge in [0.2, 0.25) is 11.8 Å². The van der Waals surface area contributed by atoms with Crippen molar-refractivity contribution in [2.24, 2.45) is 23.3 Å². The van der Waals surface area contributed by atoms with Crippen LogP contribution in [0.15, 0.2) is 0 Å². The lowest BCUT2D eigenvalue weighted by atomic mass is 9.79. The first-order chi connectivity index (χ1) is 8.50. The maximum Gasteiger partial charge on any atom is 0.243 e. The lowest BCUT2D eigenvalue weighted by Crippen LogP contribution is -2.45. The van der Waals surface area contributed by atoms with Crippen molar-refractivity contribution in [3.05, 3.63) is 0 Å². The molecule has 1 aliphatic rings. The smallest absolute Gasteiger partial charge is 0.243 e. The van der Waals surface area contributed by atoms with Gasteiger partial charge in [-0.1, -0.05) is 6.92 Å². The molecule has 0 aromatic carbocycles. The second-order valence-electron chi connectivity index (χ2n) is 5.00. The highest BCUT2D eigenvalue weighted by Crippen LogP contribution is 2.27. The molecule has 18 heavy (non-hydrogen) atoms. The fraction of sp³-hybridized carbons (Fsp3) is 0.833. The van der Waals surface area contributed by atoms with Gasteiger partial charge in [0.1, 0.15) is 6.61 Å². The van der Waals surface area contributed by atoms with E-state index in [0.29, 0.717) is 12.5 Å². The van der Waals surface area contributed by atoms with Gasteiger partial charge in [-0.25, -0.2) is 0 Å². The Labute approximate surface area is 107 Å². The molecule has 5 N–H and O–H groups in total. The number of nitrogens with one attached hydrogen (secondary N) is 1. The molecule has 1 saturated carbocycles. The molecule has 6 heteroatoms. The van der Waals surface area contributed by atoms with Crippen LogP contribution in [0.5, 0.6) is 0 Å². The summed E-state index contributed by atoms with van der Waals surface area (Å²) in [4.78, 5) is 22.3. The van der Waals surface area contributed by atoms with E-state index in [1.54, 1.807) is 0 Å². The van der Waals surface area contributed by atoms with E-state index in [1.165, 1.54) is 0 Å². The predicted molar refractivity (Wildman–Crippen MR) is 67.5 cm³/mol. The second kappa shape index (κ2) is 7.33. The van der Waals surface area contributed by atoms with Crippen LogP contribution in [0.2, 0.25) is 0 Å². The molecule has 0 aliphatic heterocycles. The van der Waals surface area contributed by atoms with Crippen LogP contribution in [0.25, 0.3) is 0 Å². The highest BCUT2D eigenvalue weighted by Gasteiger charge is 2.31. The zero-order valence-corrected chi connectivity index (χ0v) is 10.9. The monoisotopic (exact) mass is 257 g/mol. The van der Waals surface area contributed by atoms with Crippen LogP contribution in [-0.2, 0) is 14.3 Å². The number of carbonyl (C=O) groups excluding carboxylic acids is 2. The summed E-state index contributed by atoms with van der Waals surface area (Å²) in [5.74, 6) is -0.0854. The number of carbonyl (C=O) groups is 2. The summed E-state index contributed by atoms with van der Waals surface area (Å²) >= 11 is 0. The van der Waals surface area contributed by atoms with E-state index in [1.807, 2.05) is 0 Å². The topological polar surface area (TPSA) is 107 Å². The molecule has 0 saturated heterocycles. The van der Waals surface area contributed by atoms with Gasteiger partial charge in [-0.2, -0.15) is 0 Å². The molecule has 1 fully saturated rings. The Bertz CT molecular complexity index is 296. The van der Waals surface area contributed by atoms with Crippen LogP contribution >= 0.6 is 0 Å². The molecule has 3 unspecified atom stereocenters. The Morgan fingerprint density at radius 3 is 2.78 bits per heavy atom. The van der Waals surface area contributed by atoms with Crippen molar-refractivity contribution in [1.29, 1.82) is 0 Å². The van der Waals surface area contributed by atoms with E-state index in [4.69, 9.17) is 16.2 Å². The number of primary amides is 1. The van der Waals surface area contributed by atoms with Crippen molar-refractivity contribution < 1.29 is 14.3 Å². The van der Waals surface area contributed by atoms with Gasteiger partial charge in [0, 0.05) is 12.6 Å². The van der Waals surface area contributed by atoms with Gasteiger partial charge in [0.15, 0.2) is 0 Å². The van der Waals surface area contributed by atoms with Crippen LogP contribution in [0, 0.1) is 11.8 Å². The number of hydrogen-bond acceptors (Lipinski definition) is 4. The summed E-state index contributed by atoms with van der Waals surface area (Å²) < 4.78 is 4.96. The number of hydrogen-bond donors (Lipinski definition) is 3. The van der Waals surface area contributed by atoms with Gasteiger partial charge in [-0.3, -0.25) is 9.59 Å². The van der Waals surface area contributed by atoms with E-state index in [0.717, 1.165) is 19.3 Å². The van der Waals surface area contributed by atoms with Crippen LogP contribution in [-0.4, -0.2) is 37.6 Å². The SMILES string of the molecule is CC1CCC(N)C(C(=O)NCCOCC(N)=O)C1. The van der Waals surface area contributed by atoms with Crippen LogP contribution < -0.4 is 16.8 Å². The number of nitrogens with two attached hydrogens (primary N) is 2. The first-order valence-electron chi connectivity index (χ1n) is 6.40. The molecule has 0 aromatic rings. The Morgan fingerprint density at radius 2 is 2.11 bits per heavy atom. The van der Waals surface area contributed by atoms with Crippen molar-refractivity contribution in [3.63, 3.8) is 0 Å². The second-order valence-corrected chi connectivity index (χ2v) is 5.00. The van der Waals surface area contributed by atoms with E-state index >= 15 is 0 Å². The van der Waals surface area contributed by atoms with Crippen LogP contribution in [0.3, 0.4) is 0 Å². The molecule has 0 spiro atoms. The van der Waals surface area contributed by atoms with Crippen molar-refractivity contribution in [2.75, 3.05) is 19.8 Å². The summed E-state index contributed by atoms with van der Waals surface area (Å²) in [5.41, 5.74) is 10.9. The molecular weight excluding hydrogens is 234 g/mol. The predicted octanol–water partition coefficient (Wildman–Crippen LogP) is -0.632. The fourth-order valence-corrected chi connectivity index (χ4v) is 2.26. The molecule has 0 heterocycles. The summed E-state index contributed by atoms with van der Waals surface area (Å²) in [6, 6.07) is -0.0484. The van der Waals surface area contributed by atoms with Crippen molar-refractivity contribution in [2.45, 2.75) is 32.2 Å². The molecule has 104 valence electrons. The maximum atomic E-state index is 11.9. The third-order valence-corrected chi connectivity index (χ3v) is 3.29. The Morgan fingerprint density at radius 1 is 1.39 bits per heavy atom. The van der Waals surface area contributed by atoms with Gasteiger partial charge in [-0.15, -0.1) is 0 Å². The van der Waals surface area contributed by atoms with E-state index in [2.05, 4.69) is 12.2 Å². The Balaban J connectivity index is 2.21. The van der Waals surface area contributed by atoms with Crippen LogP contribution in [0.4, 0.5) is 0 Å². The first-order valence-corrected chi connectivity index (χ1v) is 6.40. The van der Waals surface area contributed by atoms with E-state index < -0.39 is 5.91 Å². The molecule has 2 amide bonds. The zero-order chi connectivity index (χ0) is 13.5. The average Bonchev–Trinajstić information content (AvgIpc) is 2.31. The van der Waals surface area contributed by atoms with Gasteiger partial charge in [-0.05, 0) is 25.2 Å². The molecule has 0 aromatic heterocycles. The Kier molecular flexibility index (Phi) is 6.07. The number of amides is 2. The summed E-state index contributed by atoms with van der Waals surface area (Å²) in [6.45, 7) is 2.69. The maximum absolute atomic E-state index is 11.9. The molecule has 0 bridgehead atoms. The van der Waals surface area contributed by atoms with Gasteiger partial charge >= 0.3 is 0 Å². The number of rotatable bonds is 6. The van der Waals surface area contributed by atoms with Crippen molar-refractivity contribution in [3.8, 4) is 0 Å². The lowest BCUT2D eigenvalue weighted by molar-refractivity contribution is -0.127. The minimum atomic E-state index is -0.510. The van der Waals surface area contributed by atoms with Gasteiger partial charge in [0.25, 0.3) is 0 Å². The first kappa shape index (κ1) is 14.9. The lowest BCUT2D eigenvalue weighted by Gasteiger charge is -2.31. The molecule has 0 radical (unpaired) electrons. The number of ether oxygens (including phenoxy) is 1. The summed E-state index contributed by atoms with van der Waals surface area (Å²) in [5, 5.41) is 2.78. The van der Waals surface area contributed by atoms with Crippen molar-refractivity contribution >= 4 is 11.8 Å². The highest BCUT2D eigenvalue weighted by molar-refractivity contribution is 5.79. The highest BCUT2D eigenvalue weighted by atomic mass is 16.5. The van der Waals surface area contributed by atoms with Crippen LogP contribution in [0.1, 0.15) is 26.2 Å². The molecular formula is C12H23N3O3. The standard InChI is InChI=1S/C12H23N3O3/c1-8-2-3-10(13)9(6-8)12(17)15-4-5-18-7-11(14)16/h8-10H,2-7,13H2,1H3,(H2,14,16)(H,15,17). The zero-order valence-electron chi connectivity index (χ0n) is 10.9.